The molecular weight excluding hydrogens is 1290 g/mol. The van der Waals surface area contributed by atoms with E-state index in [1.165, 1.54) is 59.7 Å². The molecule has 0 radical (unpaired) electrons. The molecule has 0 atom stereocenters. The maximum Gasteiger partial charge on any atom is 0.119 e. The lowest BCUT2D eigenvalue weighted by Crippen LogP contribution is -2.01. The minimum Gasteiger partial charge on any atom is -0.494 e. The number of aromatic nitrogens is 4. The molecule has 494 valence electrons. The molecule has 0 aliphatic carbocycles. The van der Waals surface area contributed by atoms with Gasteiger partial charge in [0.2, 0.25) is 0 Å². The Bertz CT molecular complexity index is 4890. The molecule has 4 aromatic heterocycles. The van der Waals surface area contributed by atoms with Gasteiger partial charge in [-0.05, 0) is 164 Å². The minimum atomic E-state index is 0.673. The third kappa shape index (κ3) is 14.6. The highest BCUT2D eigenvalue weighted by Gasteiger charge is 2.28. The summed E-state index contributed by atoms with van der Waals surface area (Å²) in [6.45, 7) is 5.82. The first-order chi connectivity index (χ1) is 50.0. The van der Waals surface area contributed by atoms with Crippen LogP contribution in [0.2, 0.25) is 0 Å². The van der Waals surface area contributed by atoms with Gasteiger partial charge >= 0.3 is 0 Å². The molecule has 15 aromatic rings. The van der Waals surface area contributed by atoms with Crippen LogP contribution in [0.1, 0.15) is 110 Å². The molecule has 0 aliphatic rings. The molecule has 0 bridgehead atoms. The van der Waals surface area contributed by atoms with Crippen molar-refractivity contribution in [1.82, 2.24) is 18.7 Å². The van der Waals surface area contributed by atoms with Crippen molar-refractivity contribution >= 4 is 78.8 Å². The standard InChI is InChI=1S/C92H76N4O2S3/c1-3-5-7-27-61-97-75-53-49-73(50-54-75)87-88(74-51-55-76(56-52-74)98-62-28-8-6-4-2)94-90-86(80-60-58-78(100-80)64-43-47-72(48-44-64)84(70-39-25-14-26-40-70)82(67-33-19-11-20-34-67)68-35-21-12-22-36-68)92-91(95-101-96-92)85(89(90)93-87)79-59-57-77(99-79)63-41-45-71(46-42-63)83(69-37-23-13-24-38-69)81(65-29-15-9-16-30-65)66-31-17-10-18-32-66/h9-26,29-60H,3-8,27-28,61-62H2,1-2H3. The number of hydrogen-bond acceptors (Lipinski definition) is 9. The zero-order chi connectivity index (χ0) is 68.1. The molecular formula is C92H76N4O2S3. The van der Waals surface area contributed by atoms with E-state index in [9.17, 15) is 0 Å². The van der Waals surface area contributed by atoms with E-state index in [0.717, 1.165) is 168 Å². The minimum absolute atomic E-state index is 0.673. The van der Waals surface area contributed by atoms with E-state index in [-0.39, 0.29) is 0 Å². The van der Waals surface area contributed by atoms with E-state index in [1.54, 1.807) is 22.7 Å². The normalized spacial score (nSPS) is 11.3. The predicted octanol–water partition coefficient (Wildman–Crippen LogP) is 25.7. The van der Waals surface area contributed by atoms with E-state index in [0.29, 0.717) is 13.2 Å². The van der Waals surface area contributed by atoms with Gasteiger partial charge in [-0.15, -0.1) is 22.7 Å². The number of hydrogen-bond donors (Lipinski definition) is 0. The molecule has 6 nitrogen and oxygen atoms in total. The molecule has 0 unspecified atom stereocenters. The first-order valence-electron chi connectivity index (χ1n) is 35.2. The van der Waals surface area contributed by atoms with Crippen molar-refractivity contribution in [2.75, 3.05) is 13.2 Å². The molecule has 0 spiro atoms. The summed E-state index contributed by atoms with van der Waals surface area (Å²) in [5.41, 5.74) is 24.4. The Morgan fingerprint density at radius 2 is 0.545 bits per heavy atom. The van der Waals surface area contributed by atoms with Crippen molar-refractivity contribution in [3.8, 4) is 75.8 Å². The van der Waals surface area contributed by atoms with Crippen molar-refractivity contribution in [2.45, 2.75) is 65.2 Å². The van der Waals surface area contributed by atoms with Crippen LogP contribution in [-0.4, -0.2) is 31.9 Å². The van der Waals surface area contributed by atoms with Gasteiger partial charge in [0.05, 0.1) is 36.3 Å². The van der Waals surface area contributed by atoms with Crippen molar-refractivity contribution in [3.63, 3.8) is 0 Å². The van der Waals surface area contributed by atoms with Crippen molar-refractivity contribution in [3.05, 3.63) is 348 Å². The lowest BCUT2D eigenvalue weighted by Gasteiger charge is -2.18. The number of fused-ring (bicyclic) bond motifs is 2. The number of rotatable bonds is 26. The van der Waals surface area contributed by atoms with E-state index < -0.39 is 0 Å². The van der Waals surface area contributed by atoms with Crippen molar-refractivity contribution in [2.24, 2.45) is 0 Å². The fourth-order valence-corrected chi connectivity index (χ4v) is 16.2. The Morgan fingerprint density at radius 1 is 0.267 bits per heavy atom. The zero-order valence-corrected chi connectivity index (χ0v) is 59.2. The highest BCUT2D eigenvalue weighted by molar-refractivity contribution is 7.19. The number of nitrogens with zero attached hydrogens (tertiary/aromatic N) is 4. The number of unbranched alkanes of at least 4 members (excludes halogenated alkanes) is 6. The monoisotopic (exact) mass is 1360 g/mol. The van der Waals surface area contributed by atoms with Crippen LogP contribution in [0, 0.1) is 0 Å². The largest absolute Gasteiger partial charge is 0.494 e. The van der Waals surface area contributed by atoms with Gasteiger partial charge in [0.25, 0.3) is 0 Å². The number of ether oxygens (including phenoxy) is 2. The van der Waals surface area contributed by atoms with Gasteiger partial charge in [-0.25, -0.2) is 9.97 Å². The van der Waals surface area contributed by atoms with Crippen LogP contribution in [-0.2, 0) is 0 Å². The van der Waals surface area contributed by atoms with Crippen LogP contribution in [0.4, 0.5) is 0 Å². The number of benzene rings is 11. The summed E-state index contributed by atoms with van der Waals surface area (Å²) in [5.74, 6) is 1.66. The third-order valence-corrected chi connectivity index (χ3v) is 21.4. The molecule has 15 rings (SSSR count). The fraction of sp³-hybridized carbons (Fsp3) is 0.130. The molecule has 0 saturated carbocycles. The average Bonchev–Trinajstić information content (AvgIpc) is 1.68. The van der Waals surface area contributed by atoms with Gasteiger partial charge in [-0.2, -0.15) is 8.75 Å². The predicted molar refractivity (Wildman–Crippen MR) is 427 cm³/mol. The molecule has 9 heteroatoms. The molecule has 4 heterocycles. The van der Waals surface area contributed by atoms with Crippen molar-refractivity contribution in [1.29, 1.82) is 0 Å². The molecule has 101 heavy (non-hydrogen) atoms. The fourth-order valence-electron chi connectivity index (χ4n) is 13.6. The van der Waals surface area contributed by atoms with Gasteiger partial charge in [0.15, 0.2) is 0 Å². The van der Waals surface area contributed by atoms with Crippen LogP contribution in [0.3, 0.4) is 0 Å². The van der Waals surface area contributed by atoms with Crippen LogP contribution < -0.4 is 9.47 Å². The maximum atomic E-state index is 6.35. The van der Waals surface area contributed by atoms with Gasteiger partial charge in [0, 0.05) is 41.8 Å². The Morgan fingerprint density at radius 3 is 0.842 bits per heavy atom. The van der Waals surface area contributed by atoms with Crippen molar-refractivity contribution < 1.29 is 9.47 Å². The smallest absolute Gasteiger partial charge is 0.119 e. The molecule has 0 fully saturated rings. The molecule has 0 N–H and O–H groups in total. The summed E-state index contributed by atoms with van der Waals surface area (Å²) in [7, 11) is 0. The zero-order valence-electron chi connectivity index (χ0n) is 56.8. The molecule has 0 amide bonds. The summed E-state index contributed by atoms with van der Waals surface area (Å²) >= 11 is 4.72. The quantitative estimate of drug-likeness (QED) is 0.0397. The highest BCUT2D eigenvalue weighted by atomic mass is 32.1. The second kappa shape index (κ2) is 31.5. The van der Waals surface area contributed by atoms with E-state index >= 15 is 0 Å². The second-order valence-corrected chi connectivity index (χ2v) is 28.1. The van der Waals surface area contributed by atoms with Crippen LogP contribution in [0.15, 0.2) is 303 Å². The van der Waals surface area contributed by atoms with Gasteiger partial charge < -0.3 is 9.47 Å². The summed E-state index contributed by atoms with van der Waals surface area (Å²) in [5, 5.41) is 0. The Kier molecular flexibility index (Phi) is 20.6. The lowest BCUT2D eigenvalue weighted by molar-refractivity contribution is 0.305. The summed E-state index contributed by atoms with van der Waals surface area (Å²) in [6, 6.07) is 108. The summed E-state index contributed by atoms with van der Waals surface area (Å²) < 4.78 is 23.2. The Hall–Kier alpha value is -10.9. The first-order valence-corrected chi connectivity index (χ1v) is 37.6. The Balaban J connectivity index is 0.875. The SMILES string of the molecule is CCCCCCOc1ccc(-c2nc3c(-c4ccc(-c5ccc(C(=C(c6ccccc6)c6ccccc6)c6ccccc6)cc5)s4)c4nsnc4c(-c4ccc(-c5ccc(C(=C(c6ccccc6)c6ccccc6)c6ccccc6)cc5)s4)c3nc2-c2ccc(OCCCCCC)cc2)cc1. The lowest BCUT2D eigenvalue weighted by atomic mass is 9.85. The van der Waals surface area contributed by atoms with Crippen LogP contribution in [0.5, 0.6) is 11.5 Å². The molecule has 0 saturated heterocycles. The maximum absolute atomic E-state index is 6.35. The van der Waals surface area contributed by atoms with Crippen LogP contribution in [0.25, 0.3) is 109 Å². The summed E-state index contributed by atoms with van der Waals surface area (Å²) in [4.78, 5) is 16.1. The molecule has 0 aliphatic heterocycles. The number of thiophene rings is 2. The van der Waals surface area contributed by atoms with E-state index in [4.69, 9.17) is 28.2 Å². The van der Waals surface area contributed by atoms with Gasteiger partial charge in [0.1, 0.15) is 33.6 Å². The third-order valence-electron chi connectivity index (χ3n) is 18.6. The van der Waals surface area contributed by atoms with Crippen LogP contribution >= 0.6 is 34.4 Å². The van der Waals surface area contributed by atoms with Gasteiger partial charge in [-0.1, -0.05) is 283 Å². The second-order valence-electron chi connectivity index (χ2n) is 25.4. The van der Waals surface area contributed by atoms with Gasteiger partial charge in [-0.3, -0.25) is 0 Å². The Labute approximate surface area is 604 Å². The highest BCUT2D eigenvalue weighted by Crippen LogP contribution is 2.50. The van der Waals surface area contributed by atoms with E-state index in [1.807, 2.05) is 0 Å². The average molecular weight is 1370 g/mol. The van der Waals surface area contributed by atoms with E-state index in [2.05, 4.69) is 317 Å². The summed E-state index contributed by atoms with van der Waals surface area (Å²) in [6.07, 6.45) is 9.09. The topological polar surface area (TPSA) is 70.0 Å². The molecule has 11 aromatic carbocycles. The first kappa shape index (κ1) is 66.0.